The van der Waals surface area contributed by atoms with E-state index in [4.69, 9.17) is 4.74 Å². The maximum Gasteiger partial charge on any atom is 0.259 e. The van der Waals surface area contributed by atoms with Gasteiger partial charge in [0.15, 0.2) is 0 Å². The Morgan fingerprint density at radius 2 is 1.69 bits per heavy atom. The van der Waals surface area contributed by atoms with Crippen molar-refractivity contribution in [2.75, 3.05) is 33.3 Å². The molecule has 0 unspecified atom stereocenters. The second kappa shape index (κ2) is 7.38. The predicted molar refractivity (Wildman–Crippen MR) is 94.4 cm³/mol. The van der Waals surface area contributed by atoms with Crippen LogP contribution in [0.5, 0.6) is 5.88 Å². The van der Waals surface area contributed by atoms with Crippen molar-refractivity contribution in [1.82, 2.24) is 19.8 Å². The number of ether oxygens (including phenoxy) is 1. The van der Waals surface area contributed by atoms with E-state index in [0.29, 0.717) is 43.2 Å². The van der Waals surface area contributed by atoms with Crippen LogP contribution >= 0.6 is 0 Å². The monoisotopic (exact) mass is 356 g/mol. The summed E-state index contributed by atoms with van der Waals surface area (Å²) < 4.78 is 5.21. The third-order valence-corrected chi connectivity index (χ3v) is 4.31. The van der Waals surface area contributed by atoms with E-state index in [9.17, 15) is 14.4 Å². The number of rotatable bonds is 3. The summed E-state index contributed by atoms with van der Waals surface area (Å²) in [7, 11) is 1.49. The highest BCUT2D eigenvalue weighted by atomic mass is 16.5. The van der Waals surface area contributed by atoms with Crippen molar-refractivity contribution in [2.45, 2.75) is 6.92 Å². The average molecular weight is 356 g/mol. The molecule has 1 N–H and O–H groups in total. The lowest BCUT2D eigenvalue weighted by Gasteiger charge is -2.35. The summed E-state index contributed by atoms with van der Waals surface area (Å²) in [4.78, 5) is 46.4. The van der Waals surface area contributed by atoms with Gasteiger partial charge < -0.3 is 19.5 Å². The zero-order valence-corrected chi connectivity index (χ0v) is 14.7. The molecule has 0 atom stereocenters. The number of pyridine rings is 2. The minimum absolute atomic E-state index is 0.162. The highest BCUT2D eigenvalue weighted by Crippen LogP contribution is 2.19. The number of aromatic nitrogens is 2. The van der Waals surface area contributed by atoms with Gasteiger partial charge in [0.1, 0.15) is 5.56 Å². The van der Waals surface area contributed by atoms with Gasteiger partial charge in [-0.1, -0.05) is 0 Å². The summed E-state index contributed by atoms with van der Waals surface area (Å²) >= 11 is 0. The number of aryl methyl sites for hydroxylation is 1. The van der Waals surface area contributed by atoms with Gasteiger partial charge in [-0.05, 0) is 25.1 Å². The first-order valence-electron chi connectivity index (χ1n) is 8.28. The van der Waals surface area contributed by atoms with Crippen molar-refractivity contribution in [1.29, 1.82) is 0 Å². The van der Waals surface area contributed by atoms with Gasteiger partial charge in [-0.3, -0.25) is 14.4 Å². The first-order chi connectivity index (χ1) is 12.5. The van der Waals surface area contributed by atoms with Crippen molar-refractivity contribution in [3.05, 3.63) is 57.6 Å². The zero-order valence-electron chi connectivity index (χ0n) is 14.7. The normalized spacial score (nSPS) is 14.2. The van der Waals surface area contributed by atoms with Crippen molar-refractivity contribution >= 4 is 11.8 Å². The fraction of sp³-hybridized carbons (Fsp3) is 0.333. The molecule has 8 heteroatoms. The van der Waals surface area contributed by atoms with E-state index >= 15 is 0 Å². The molecule has 136 valence electrons. The Labute approximate surface area is 150 Å². The van der Waals surface area contributed by atoms with Gasteiger partial charge in [-0.15, -0.1) is 0 Å². The molecule has 0 saturated carbocycles. The molecule has 0 radical (unpaired) electrons. The Balaban J connectivity index is 1.66. The van der Waals surface area contributed by atoms with Crippen LogP contribution in [-0.2, 0) is 0 Å². The first-order valence-corrected chi connectivity index (χ1v) is 8.28. The molecule has 0 aromatic carbocycles. The fourth-order valence-corrected chi connectivity index (χ4v) is 2.86. The molecule has 1 saturated heterocycles. The number of piperazine rings is 1. The van der Waals surface area contributed by atoms with Gasteiger partial charge in [-0.25, -0.2) is 4.98 Å². The Bertz CT molecular complexity index is 865. The quantitative estimate of drug-likeness (QED) is 0.873. The molecule has 0 aliphatic carbocycles. The van der Waals surface area contributed by atoms with Crippen molar-refractivity contribution in [3.8, 4) is 5.88 Å². The lowest BCUT2D eigenvalue weighted by molar-refractivity contribution is 0.0533. The molecule has 2 amide bonds. The van der Waals surface area contributed by atoms with Gasteiger partial charge in [-0.2, -0.15) is 0 Å². The number of nitrogens with one attached hydrogen (secondary N) is 1. The van der Waals surface area contributed by atoms with E-state index in [1.165, 1.54) is 25.4 Å². The second-order valence-electron chi connectivity index (χ2n) is 6.04. The van der Waals surface area contributed by atoms with Crippen LogP contribution in [0.15, 0.2) is 35.3 Å². The Kier molecular flexibility index (Phi) is 5.01. The summed E-state index contributed by atoms with van der Waals surface area (Å²) in [6, 6.07) is 6.30. The molecular formula is C18H20N4O4. The van der Waals surface area contributed by atoms with E-state index in [2.05, 4.69) is 9.97 Å². The predicted octanol–water partition coefficient (Wildman–Crippen LogP) is 0.685. The number of carbonyl (C=O) groups excluding carboxylic acids is 2. The molecule has 0 spiro atoms. The summed E-state index contributed by atoms with van der Waals surface area (Å²) in [5.74, 6) is -0.0184. The van der Waals surface area contributed by atoms with Crippen LogP contribution in [0, 0.1) is 6.92 Å². The molecule has 8 nitrogen and oxygen atoms in total. The molecule has 2 aromatic heterocycles. The third kappa shape index (κ3) is 3.58. The van der Waals surface area contributed by atoms with E-state index in [1.54, 1.807) is 21.9 Å². The van der Waals surface area contributed by atoms with Crippen LogP contribution in [0.1, 0.15) is 26.4 Å². The number of H-pyrrole nitrogens is 1. The standard InChI is InChI=1S/C18H20N4O4/c1-12-3-5-14(16(20-12)26-2)18(25)22-9-7-21(8-10-22)17(24)13-4-6-15(23)19-11-13/h3-6,11H,7-10H2,1-2H3,(H,19,23). The summed E-state index contributed by atoms with van der Waals surface area (Å²) in [6.07, 6.45) is 1.41. The van der Waals surface area contributed by atoms with Crippen molar-refractivity contribution < 1.29 is 14.3 Å². The van der Waals surface area contributed by atoms with Gasteiger partial charge in [0, 0.05) is 44.1 Å². The minimum Gasteiger partial charge on any atom is -0.480 e. The van der Waals surface area contributed by atoms with Crippen molar-refractivity contribution in [2.24, 2.45) is 0 Å². The van der Waals surface area contributed by atoms with E-state index in [0.717, 1.165) is 5.69 Å². The maximum absolute atomic E-state index is 12.7. The molecule has 3 rings (SSSR count). The maximum atomic E-state index is 12.7. The fourth-order valence-electron chi connectivity index (χ4n) is 2.86. The molecule has 1 fully saturated rings. The molecule has 1 aliphatic rings. The molecule has 2 aromatic rings. The van der Waals surface area contributed by atoms with Crippen LogP contribution in [0.4, 0.5) is 0 Å². The Hall–Kier alpha value is -3.16. The SMILES string of the molecule is COc1nc(C)ccc1C(=O)N1CCN(C(=O)c2ccc(=O)[nH]c2)CC1. The lowest BCUT2D eigenvalue weighted by Crippen LogP contribution is -2.50. The van der Waals surface area contributed by atoms with E-state index in [1.807, 2.05) is 6.92 Å². The topological polar surface area (TPSA) is 95.6 Å². The van der Waals surface area contributed by atoms with Gasteiger partial charge in [0.05, 0.1) is 12.7 Å². The highest BCUT2D eigenvalue weighted by molar-refractivity contribution is 5.97. The van der Waals surface area contributed by atoms with Crippen LogP contribution < -0.4 is 10.3 Å². The van der Waals surface area contributed by atoms with E-state index < -0.39 is 0 Å². The Morgan fingerprint density at radius 3 is 2.27 bits per heavy atom. The van der Waals surface area contributed by atoms with Crippen LogP contribution in [0.3, 0.4) is 0 Å². The molecule has 26 heavy (non-hydrogen) atoms. The summed E-state index contributed by atoms with van der Waals surface area (Å²) in [5.41, 5.74) is 1.36. The lowest BCUT2D eigenvalue weighted by atomic mass is 10.2. The average Bonchev–Trinajstić information content (AvgIpc) is 2.67. The number of carbonyl (C=O) groups is 2. The largest absolute Gasteiger partial charge is 0.480 e. The number of nitrogens with zero attached hydrogens (tertiary/aromatic N) is 3. The number of methoxy groups -OCH3 is 1. The first kappa shape index (κ1) is 17.7. The summed E-state index contributed by atoms with van der Waals surface area (Å²) in [6.45, 7) is 3.52. The van der Waals surface area contributed by atoms with Crippen LogP contribution in [0.25, 0.3) is 0 Å². The number of amides is 2. The van der Waals surface area contributed by atoms with Gasteiger partial charge in [0.2, 0.25) is 11.4 Å². The molecular weight excluding hydrogens is 336 g/mol. The molecule has 3 heterocycles. The second-order valence-corrected chi connectivity index (χ2v) is 6.04. The number of hydrogen-bond donors (Lipinski definition) is 1. The van der Waals surface area contributed by atoms with Gasteiger partial charge in [0.25, 0.3) is 11.8 Å². The Morgan fingerprint density at radius 1 is 1.04 bits per heavy atom. The summed E-state index contributed by atoms with van der Waals surface area (Å²) in [5, 5.41) is 0. The minimum atomic E-state index is -0.252. The highest BCUT2D eigenvalue weighted by Gasteiger charge is 2.27. The van der Waals surface area contributed by atoms with Crippen LogP contribution in [0.2, 0.25) is 0 Å². The third-order valence-electron chi connectivity index (χ3n) is 4.31. The van der Waals surface area contributed by atoms with Crippen molar-refractivity contribution in [3.63, 3.8) is 0 Å². The number of hydrogen-bond acceptors (Lipinski definition) is 5. The number of aromatic amines is 1. The molecule has 1 aliphatic heterocycles. The van der Waals surface area contributed by atoms with Crippen LogP contribution in [-0.4, -0.2) is 64.9 Å². The zero-order chi connectivity index (χ0) is 18.7. The molecule has 0 bridgehead atoms. The smallest absolute Gasteiger partial charge is 0.259 e. The van der Waals surface area contributed by atoms with E-state index in [-0.39, 0.29) is 17.4 Å². The van der Waals surface area contributed by atoms with Gasteiger partial charge >= 0.3 is 0 Å².